The number of thiocarbonyl (C=S) groups is 1. The van der Waals surface area contributed by atoms with Gasteiger partial charge in [-0.1, -0.05) is 77.8 Å². The summed E-state index contributed by atoms with van der Waals surface area (Å²) in [4.78, 5) is 22.0. The zero-order valence-electron chi connectivity index (χ0n) is 16.3. The molecule has 4 nitrogen and oxygen atoms in total. The molecule has 1 saturated heterocycles. The molecule has 7 heteroatoms. The molecular weight excluding hydrogens is 418 g/mol. The number of hydrogen-bond acceptors (Lipinski definition) is 5. The second-order valence-electron chi connectivity index (χ2n) is 7.13. The first-order valence-corrected chi connectivity index (χ1v) is 11.9. The van der Waals surface area contributed by atoms with Crippen LogP contribution in [0.15, 0.2) is 48.5 Å². The first-order chi connectivity index (χ1) is 14.1. The van der Waals surface area contributed by atoms with Crippen molar-refractivity contribution in [3.8, 4) is 0 Å². The predicted molar refractivity (Wildman–Crippen MR) is 128 cm³/mol. The third-order valence-corrected chi connectivity index (χ3v) is 7.56. The molecule has 0 N–H and O–H groups in total. The van der Waals surface area contributed by atoms with Crippen LogP contribution in [0.4, 0.5) is 5.13 Å². The molecule has 4 rings (SSSR count). The van der Waals surface area contributed by atoms with Crippen LogP contribution in [0.1, 0.15) is 24.0 Å². The number of aromatic nitrogens is 1. The quantitative estimate of drug-likeness (QED) is 0.505. The summed E-state index contributed by atoms with van der Waals surface area (Å²) in [6.45, 7) is 4.57. The molecule has 0 unspecified atom stereocenters. The number of fused-ring (bicyclic) bond motifs is 1. The standard InChI is InChI=1S/C22H23N3OS3/c1-16-8-7-11-18-20(16)23-21(29-18)25(14-17-9-3-2-4-10-17)19(26)15-28-22(27)24-12-5-6-13-24/h2-4,7-11H,5-6,12-15H2,1H3. The number of aryl methyl sites for hydroxylation is 1. The Morgan fingerprint density at radius 2 is 1.93 bits per heavy atom. The zero-order chi connectivity index (χ0) is 20.2. The van der Waals surface area contributed by atoms with Crippen LogP contribution in [0.5, 0.6) is 0 Å². The molecular formula is C22H23N3OS3. The smallest absolute Gasteiger partial charge is 0.239 e. The number of rotatable bonds is 5. The van der Waals surface area contributed by atoms with Crippen LogP contribution in [0.3, 0.4) is 0 Å². The minimum Gasteiger partial charge on any atom is -0.358 e. The molecule has 0 aliphatic carbocycles. The van der Waals surface area contributed by atoms with Gasteiger partial charge in [0, 0.05) is 13.1 Å². The van der Waals surface area contributed by atoms with Gasteiger partial charge < -0.3 is 4.90 Å². The first kappa shape index (κ1) is 20.3. The lowest BCUT2D eigenvalue weighted by atomic mass is 10.2. The summed E-state index contributed by atoms with van der Waals surface area (Å²) in [5.41, 5.74) is 3.18. The summed E-state index contributed by atoms with van der Waals surface area (Å²) >= 11 is 8.58. The van der Waals surface area contributed by atoms with Crippen molar-refractivity contribution in [3.63, 3.8) is 0 Å². The highest BCUT2D eigenvalue weighted by Crippen LogP contribution is 2.32. The summed E-state index contributed by atoms with van der Waals surface area (Å²) in [7, 11) is 0. The van der Waals surface area contributed by atoms with E-state index in [0.717, 1.165) is 43.9 Å². The van der Waals surface area contributed by atoms with E-state index in [1.54, 1.807) is 16.2 Å². The highest BCUT2D eigenvalue weighted by molar-refractivity contribution is 8.23. The van der Waals surface area contributed by atoms with E-state index in [2.05, 4.69) is 24.0 Å². The van der Waals surface area contributed by atoms with Gasteiger partial charge in [-0.25, -0.2) is 4.98 Å². The molecule has 0 bridgehead atoms. The van der Waals surface area contributed by atoms with Crippen LogP contribution in [0.25, 0.3) is 10.2 Å². The number of carbonyl (C=O) groups excluding carboxylic acids is 1. The van der Waals surface area contributed by atoms with Crippen molar-refractivity contribution < 1.29 is 4.79 Å². The highest BCUT2D eigenvalue weighted by atomic mass is 32.2. The average molecular weight is 442 g/mol. The number of para-hydroxylation sites is 1. The third-order valence-electron chi connectivity index (χ3n) is 5.01. The number of amides is 1. The van der Waals surface area contributed by atoms with E-state index in [1.165, 1.54) is 24.6 Å². The molecule has 0 spiro atoms. The number of likely N-dealkylation sites (tertiary alicyclic amines) is 1. The lowest BCUT2D eigenvalue weighted by molar-refractivity contribution is -0.116. The van der Waals surface area contributed by atoms with E-state index in [0.29, 0.717) is 12.3 Å². The molecule has 0 radical (unpaired) electrons. The topological polar surface area (TPSA) is 36.4 Å². The first-order valence-electron chi connectivity index (χ1n) is 9.74. The van der Waals surface area contributed by atoms with Crippen LogP contribution < -0.4 is 4.90 Å². The van der Waals surface area contributed by atoms with E-state index < -0.39 is 0 Å². The Morgan fingerprint density at radius 1 is 1.17 bits per heavy atom. The largest absolute Gasteiger partial charge is 0.358 e. The third kappa shape index (κ3) is 4.79. The molecule has 1 aliphatic heterocycles. The molecule has 1 aliphatic rings. The van der Waals surface area contributed by atoms with Gasteiger partial charge in [0.1, 0.15) is 4.32 Å². The molecule has 2 aromatic carbocycles. The van der Waals surface area contributed by atoms with Gasteiger partial charge in [0.25, 0.3) is 0 Å². The van der Waals surface area contributed by atoms with Gasteiger partial charge >= 0.3 is 0 Å². The fraction of sp³-hybridized carbons (Fsp3) is 0.318. The summed E-state index contributed by atoms with van der Waals surface area (Å²) in [6.07, 6.45) is 2.36. The van der Waals surface area contributed by atoms with Crippen molar-refractivity contribution >= 4 is 60.9 Å². The van der Waals surface area contributed by atoms with Gasteiger partial charge in [-0.2, -0.15) is 0 Å². The Bertz CT molecular complexity index is 1010. The van der Waals surface area contributed by atoms with Gasteiger partial charge in [0.05, 0.1) is 22.5 Å². The minimum atomic E-state index is 0.0390. The minimum absolute atomic E-state index is 0.0390. The van der Waals surface area contributed by atoms with E-state index in [9.17, 15) is 4.79 Å². The average Bonchev–Trinajstić information content (AvgIpc) is 3.41. The highest BCUT2D eigenvalue weighted by Gasteiger charge is 2.23. The number of hydrogen-bond donors (Lipinski definition) is 0. The second kappa shape index (κ2) is 9.24. The molecule has 3 aromatic rings. The Kier molecular flexibility index (Phi) is 6.47. The fourth-order valence-corrected chi connectivity index (χ4v) is 5.60. The van der Waals surface area contributed by atoms with E-state index in [4.69, 9.17) is 17.2 Å². The van der Waals surface area contributed by atoms with Crippen molar-refractivity contribution in [1.82, 2.24) is 9.88 Å². The van der Waals surface area contributed by atoms with Crippen molar-refractivity contribution in [1.29, 1.82) is 0 Å². The summed E-state index contributed by atoms with van der Waals surface area (Å²) in [5, 5.41) is 0.746. The van der Waals surface area contributed by atoms with Gasteiger partial charge in [-0.05, 0) is 37.0 Å². The number of thioether (sulfide) groups is 1. The monoisotopic (exact) mass is 441 g/mol. The molecule has 1 fully saturated rings. The molecule has 0 atom stereocenters. The molecule has 2 heterocycles. The van der Waals surface area contributed by atoms with Gasteiger partial charge in [0.15, 0.2) is 5.13 Å². The Hall–Kier alpha value is -1.96. The molecule has 1 amide bonds. The normalized spacial score (nSPS) is 13.8. The number of nitrogens with zero attached hydrogens (tertiary/aromatic N) is 3. The van der Waals surface area contributed by atoms with Gasteiger partial charge in [0.2, 0.25) is 5.91 Å². The molecule has 1 aromatic heterocycles. The van der Waals surface area contributed by atoms with Crippen LogP contribution in [-0.4, -0.2) is 39.0 Å². The SMILES string of the molecule is Cc1cccc2sc(N(Cc3ccccc3)C(=O)CSC(=S)N3CCCC3)nc12. The summed E-state index contributed by atoms with van der Waals surface area (Å²) < 4.78 is 1.93. The Balaban J connectivity index is 1.56. The number of anilines is 1. The maximum atomic E-state index is 13.2. The Morgan fingerprint density at radius 3 is 2.66 bits per heavy atom. The second-order valence-corrected chi connectivity index (χ2v) is 9.75. The van der Waals surface area contributed by atoms with Crippen molar-refractivity contribution in [2.24, 2.45) is 0 Å². The van der Waals surface area contributed by atoms with Crippen molar-refractivity contribution in [3.05, 3.63) is 59.7 Å². The predicted octanol–water partition coefficient (Wildman–Crippen LogP) is 5.25. The molecule has 150 valence electrons. The molecule has 29 heavy (non-hydrogen) atoms. The van der Waals surface area contributed by atoms with Crippen molar-refractivity contribution in [2.75, 3.05) is 23.7 Å². The van der Waals surface area contributed by atoms with Crippen LogP contribution >= 0.6 is 35.3 Å². The lowest BCUT2D eigenvalue weighted by Crippen LogP contribution is -2.33. The van der Waals surface area contributed by atoms with Gasteiger partial charge in [-0.3, -0.25) is 9.69 Å². The van der Waals surface area contributed by atoms with Gasteiger partial charge in [-0.15, -0.1) is 0 Å². The molecule has 0 saturated carbocycles. The van der Waals surface area contributed by atoms with Crippen LogP contribution in [-0.2, 0) is 11.3 Å². The van der Waals surface area contributed by atoms with Crippen LogP contribution in [0.2, 0.25) is 0 Å². The van der Waals surface area contributed by atoms with Crippen molar-refractivity contribution in [2.45, 2.75) is 26.3 Å². The fourth-order valence-electron chi connectivity index (χ4n) is 3.41. The number of thiazole rings is 1. The van der Waals surface area contributed by atoms with Crippen LogP contribution in [0, 0.1) is 6.92 Å². The van der Waals surface area contributed by atoms with E-state index in [-0.39, 0.29) is 5.91 Å². The van der Waals surface area contributed by atoms with E-state index >= 15 is 0 Å². The zero-order valence-corrected chi connectivity index (χ0v) is 18.8. The lowest BCUT2D eigenvalue weighted by Gasteiger charge is -2.22. The maximum Gasteiger partial charge on any atom is 0.239 e. The Labute approximate surface area is 184 Å². The number of carbonyl (C=O) groups is 1. The number of benzene rings is 2. The maximum absolute atomic E-state index is 13.2. The summed E-state index contributed by atoms with van der Waals surface area (Å²) in [6, 6.07) is 16.2. The summed E-state index contributed by atoms with van der Waals surface area (Å²) in [5.74, 6) is 0.369. The van der Waals surface area contributed by atoms with E-state index in [1.807, 2.05) is 36.4 Å².